The third-order valence-electron chi connectivity index (χ3n) is 3.61. The Labute approximate surface area is 123 Å². The van der Waals surface area contributed by atoms with Crippen LogP contribution in [0.4, 0.5) is 5.82 Å². The van der Waals surface area contributed by atoms with E-state index in [0.29, 0.717) is 18.1 Å². The molecule has 0 aliphatic heterocycles. The number of nitrogens with one attached hydrogen (secondary N) is 2. The highest BCUT2D eigenvalue weighted by molar-refractivity contribution is 5.92. The van der Waals surface area contributed by atoms with E-state index < -0.39 is 0 Å². The average molecular weight is 286 g/mol. The molecular formula is C15H18N4O2. The smallest absolute Gasteiger partial charge is 0.272 e. The van der Waals surface area contributed by atoms with Crippen LogP contribution in [0.1, 0.15) is 41.9 Å². The Morgan fingerprint density at radius 3 is 2.76 bits per heavy atom. The van der Waals surface area contributed by atoms with E-state index in [2.05, 4.69) is 20.8 Å². The van der Waals surface area contributed by atoms with Gasteiger partial charge >= 0.3 is 0 Å². The monoisotopic (exact) mass is 286 g/mol. The summed E-state index contributed by atoms with van der Waals surface area (Å²) in [7, 11) is 0. The maximum Gasteiger partial charge on any atom is 0.272 e. The van der Waals surface area contributed by atoms with E-state index in [1.165, 1.54) is 12.8 Å². The van der Waals surface area contributed by atoms with Gasteiger partial charge in [-0.15, -0.1) is 10.2 Å². The molecule has 2 aromatic rings. The van der Waals surface area contributed by atoms with Gasteiger partial charge in [0.25, 0.3) is 5.91 Å². The van der Waals surface area contributed by atoms with Crippen molar-refractivity contribution >= 4 is 11.7 Å². The highest BCUT2D eigenvalue weighted by Gasteiger charge is 2.18. The van der Waals surface area contributed by atoms with Crippen LogP contribution in [-0.4, -0.2) is 22.1 Å². The second-order valence-corrected chi connectivity index (χ2v) is 5.19. The number of amides is 1. The number of anilines is 1. The van der Waals surface area contributed by atoms with Crippen molar-refractivity contribution in [3.63, 3.8) is 0 Å². The number of aromatic nitrogens is 2. The first-order chi connectivity index (χ1) is 10.3. The third-order valence-corrected chi connectivity index (χ3v) is 3.61. The highest BCUT2D eigenvalue weighted by Crippen LogP contribution is 2.18. The van der Waals surface area contributed by atoms with Crippen LogP contribution in [-0.2, 0) is 6.54 Å². The first kappa shape index (κ1) is 13.6. The number of carbonyl (C=O) groups is 1. The number of nitrogens with zero attached hydrogens (tertiary/aromatic N) is 2. The van der Waals surface area contributed by atoms with E-state index in [1.807, 2.05) is 12.1 Å². The third kappa shape index (κ3) is 3.59. The van der Waals surface area contributed by atoms with E-state index in [0.717, 1.165) is 18.6 Å². The van der Waals surface area contributed by atoms with Crippen LogP contribution in [0.5, 0.6) is 0 Å². The van der Waals surface area contributed by atoms with Crippen molar-refractivity contribution in [2.75, 3.05) is 5.32 Å². The molecule has 0 atom stereocenters. The molecule has 1 fully saturated rings. The summed E-state index contributed by atoms with van der Waals surface area (Å²) in [4.78, 5) is 12.0. The molecule has 2 aromatic heterocycles. The van der Waals surface area contributed by atoms with Gasteiger partial charge in [0.05, 0.1) is 12.8 Å². The van der Waals surface area contributed by atoms with Crippen molar-refractivity contribution in [1.82, 2.24) is 15.5 Å². The van der Waals surface area contributed by atoms with Gasteiger partial charge in [-0.3, -0.25) is 4.79 Å². The molecule has 1 saturated carbocycles. The molecule has 3 rings (SSSR count). The molecule has 110 valence electrons. The van der Waals surface area contributed by atoms with E-state index in [1.54, 1.807) is 18.4 Å². The van der Waals surface area contributed by atoms with Gasteiger partial charge in [-0.05, 0) is 37.1 Å². The lowest BCUT2D eigenvalue weighted by molar-refractivity contribution is 0.0932. The van der Waals surface area contributed by atoms with E-state index in [-0.39, 0.29) is 11.9 Å². The molecular weight excluding hydrogens is 268 g/mol. The van der Waals surface area contributed by atoms with E-state index >= 15 is 0 Å². The predicted molar refractivity (Wildman–Crippen MR) is 77.8 cm³/mol. The van der Waals surface area contributed by atoms with Gasteiger partial charge in [0.2, 0.25) is 0 Å². The molecule has 2 heterocycles. The molecule has 6 heteroatoms. The maximum atomic E-state index is 12.0. The summed E-state index contributed by atoms with van der Waals surface area (Å²) < 4.78 is 5.22. The van der Waals surface area contributed by atoms with Gasteiger partial charge in [0.15, 0.2) is 5.69 Å². The summed E-state index contributed by atoms with van der Waals surface area (Å²) in [5.41, 5.74) is 0.352. The largest absolute Gasteiger partial charge is 0.467 e. The number of rotatable bonds is 5. The Kier molecular flexibility index (Phi) is 4.14. The Bertz CT molecular complexity index is 574. The number of furan rings is 1. The highest BCUT2D eigenvalue weighted by atomic mass is 16.3. The molecule has 0 spiro atoms. The van der Waals surface area contributed by atoms with Crippen molar-refractivity contribution in [1.29, 1.82) is 0 Å². The Hall–Kier alpha value is -2.37. The van der Waals surface area contributed by atoms with Crippen LogP contribution < -0.4 is 10.6 Å². The van der Waals surface area contributed by atoms with Crippen molar-refractivity contribution in [2.24, 2.45) is 0 Å². The van der Waals surface area contributed by atoms with Crippen molar-refractivity contribution < 1.29 is 9.21 Å². The van der Waals surface area contributed by atoms with Gasteiger partial charge in [-0.1, -0.05) is 12.8 Å². The molecule has 0 unspecified atom stereocenters. The molecule has 1 aliphatic carbocycles. The Morgan fingerprint density at radius 2 is 2.10 bits per heavy atom. The van der Waals surface area contributed by atoms with Gasteiger partial charge < -0.3 is 15.1 Å². The van der Waals surface area contributed by atoms with Crippen molar-refractivity contribution in [2.45, 2.75) is 38.3 Å². The van der Waals surface area contributed by atoms with E-state index in [9.17, 15) is 4.79 Å². The zero-order valence-corrected chi connectivity index (χ0v) is 11.7. The minimum absolute atomic E-state index is 0.146. The summed E-state index contributed by atoms with van der Waals surface area (Å²) >= 11 is 0. The quantitative estimate of drug-likeness (QED) is 0.882. The topological polar surface area (TPSA) is 80.0 Å². The second-order valence-electron chi connectivity index (χ2n) is 5.19. The number of carbonyl (C=O) groups excluding carboxylic acids is 1. The molecule has 21 heavy (non-hydrogen) atoms. The zero-order chi connectivity index (χ0) is 14.5. The molecule has 1 amide bonds. The van der Waals surface area contributed by atoms with Gasteiger partial charge in [-0.25, -0.2) is 0 Å². The lowest BCUT2D eigenvalue weighted by Gasteiger charge is -2.11. The van der Waals surface area contributed by atoms with Crippen LogP contribution in [0.2, 0.25) is 0 Å². The SMILES string of the molecule is O=C(NC1CCCC1)c1ccc(NCc2ccco2)nn1. The van der Waals surface area contributed by atoms with Crippen molar-refractivity contribution in [3.05, 3.63) is 42.0 Å². The molecule has 0 radical (unpaired) electrons. The van der Waals surface area contributed by atoms with Crippen molar-refractivity contribution in [3.8, 4) is 0 Å². The lowest BCUT2D eigenvalue weighted by Crippen LogP contribution is -2.33. The molecule has 0 saturated heterocycles. The normalized spacial score (nSPS) is 15.0. The Balaban J connectivity index is 1.54. The molecule has 2 N–H and O–H groups in total. The number of hydrogen-bond acceptors (Lipinski definition) is 5. The Morgan fingerprint density at radius 1 is 1.24 bits per heavy atom. The van der Waals surface area contributed by atoms with Crippen LogP contribution >= 0.6 is 0 Å². The second kappa shape index (κ2) is 6.39. The summed E-state index contributed by atoms with van der Waals surface area (Å²) in [5, 5.41) is 14.1. The molecule has 0 aromatic carbocycles. The van der Waals surface area contributed by atoms with Crippen LogP contribution in [0.3, 0.4) is 0 Å². The molecule has 1 aliphatic rings. The number of hydrogen-bond donors (Lipinski definition) is 2. The van der Waals surface area contributed by atoms with Gasteiger partial charge in [-0.2, -0.15) is 0 Å². The molecule has 0 bridgehead atoms. The predicted octanol–water partition coefficient (Wildman–Crippen LogP) is 2.35. The van der Waals surface area contributed by atoms with E-state index in [4.69, 9.17) is 4.42 Å². The fraction of sp³-hybridized carbons (Fsp3) is 0.400. The summed E-state index contributed by atoms with van der Waals surface area (Å²) in [5.74, 6) is 1.29. The first-order valence-corrected chi connectivity index (χ1v) is 7.22. The van der Waals surface area contributed by atoms with Crippen LogP contribution in [0, 0.1) is 0 Å². The first-order valence-electron chi connectivity index (χ1n) is 7.22. The average Bonchev–Trinajstić information content (AvgIpc) is 3.19. The fourth-order valence-corrected chi connectivity index (χ4v) is 2.47. The van der Waals surface area contributed by atoms with Crippen LogP contribution in [0.25, 0.3) is 0 Å². The maximum absolute atomic E-state index is 12.0. The summed E-state index contributed by atoms with van der Waals surface area (Å²) in [6.45, 7) is 0.537. The standard InChI is InChI=1S/C15H18N4O2/c20-15(17-11-4-1-2-5-11)13-7-8-14(19-18-13)16-10-12-6-3-9-21-12/h3,6-9,11H,1-2,4-5,10H2,(H,16,19)(H,17,20). The minimum Gasteiger partial charge on any atom is -0.467 e. The van der Waals surface area contributed by atoms with Gasteiger partial charge in [0.1, 0.15) is 11.6 Å². The minimum atomic E-state index is -0.146. The molecule has 6 nitrogen and oxygen atoms in total. The zero-order valence-electron chi connectivity index (χ0n) is 11.7. The summed E-state index contributed by atoms with van der Waals surface area (Å²) in [6, 6.07) is 7.43. The van der Waals surface area contributed by atoms with Gasteiger partial charge in [0, 0.05) is 6.04 Å². The lowest BCUT2D eigenvalue weighted by atomic mass is 10.2. The fourth-order valence-electron chi connectivity index (χ4n) is 2.47. The summed E-state index contributed by atoms with van der Waals surface area (Å²) in [6.07, 6.45) is 6.11. The van der Waals surface area contributed by atoms with Crippen LogP contribution in [0.15, 0.2) is 34.9 Å².